The highest BCUT2D eigenvalue weighted by molar-refractivity contribution is 7.89. The van der Waals surface area contributed by atoms with Crippen LogP contribution in [0.25, 0.3) is 11.1 Å². The molecule has 164 valence electrons. The van der Waals surface area contributed by atoms with Crippen LogP contribution < -0.4 is 5.32 Å². The van der Waals surface area contributed by atoms with Crippen LogP contribution in [0, 0.1) is 0 Å². The lowest BCUT2D eigenvalue weighted by molar-refractivity contribution is 0.0954. The summed E-state index contributed by atoms with van der Waals surface area (Å²) in [5, 5.41) is 3.02. The molecular formula is C25H30N2O3S. The Kier molecular flexibility index (Phi) is 6.88. The average molecular weight is 439 g/mol. The molecule has 31 heavy (non-hydrogen) atoms. The Balaban J connectivity index is 1.41. The van der Waals surface area contributed by atoms with Gasteiger partial charge in [-0.3, -0.25) is 4.79 Å². The van der Waals surface area contributed by atoms with Crippen molar-refractivity contribution in [3.63, 3.8) is 0 Å². The molecule has 5 nitrogen and oxygen atoms in total. The van der Waals surface area contributed by atoms with Crippen molar-refractivity contribution in [1.82, 2.24) is 9.62 Å². The predicted octanol–water partition coefficient (Wildman–Crippen LogP) is 4.76. The summed E-state index contributed by atoms with van der Waals surface area (Å²) in [4.78, 5) is 12.9. The smallest absolute Gasteiger partial charge is 0.251 e. The lowest BCUT2D eigenvalue weighted by Crippen LogP contribution is -2.27. The first kappa shape index (κ1) is 21.8. The molecular weight excluding hydrogens is 408 g/mol. The number of sulfonamides is 1. The van der Waals surface area contributed by atoms with Crippen molar-refractivity contribution in [2.24, 2.45) is 0 Å². The molecule has 4 rings (SSSR count). The first-order valence-electron chi connectivity index (χ1n) is 11.2. The number of rotatable bonds is 7. The zero-order valence-electron chi connectivity index (χ0n) is 17.8. The molecule has 0 unspecified atom stereocenters. The molecule has 2 aliphatic rings. The van der Waals surface area contributed by atoms with Gasteiger partial charge < -0.3 is 5.32 Å². The van der Waals surface area contributed by atoms with Gasteiger partial charge in [-0.05, 0) is 80.3 Å². The van der Waals surface area contributed by atoms with Gasteiger partial charge in [0.05, 0.1) is 4.90 Å². The summed E-state index contributed by atoms with van der Waals surface area (Å²) in [5.74, 6) is -0.0773. The number of allylic oxidation sites excluding steroid dienone is 1. The van der Waals surface area contributed by atoms with Crippen LogP contribution in [0.1, 0.15) is 55.3 Å². The molecule has 1 aliphatic carbocycles. The second kappa shape index (κ2) is 9.79. The van der Waals surface area contributed by atoms with Crippen molar-refractivity contribution in [3.05, 3.63) is 65.7 Å². The monoisotopic (exact) mass is 438 g/mol. The Labute approximate surface area is 185 Å². The van der Waals surface area contributed by atoms with Gasteiger partial charge in [0.2, 0.25) is 10.0 Å². The van der Waals surface area contributed by atoms with Crippen LogP contribution in [0.3, 0.4) is 0 Å². The summed E-state index contributed by atoms with van der Waals surface area (Å²) in [6.07, 6.45) is 9.89. The van der Waals surface area contributed by atoms with Crippen molar-refractivity contribution in [2.75, 3.05) is 19.6 Å². The Bertz CT molecular complexity index is 1050. The van der Waals surface area contributed by atoms with E-state index in [9.17, 15) is 13.2 Å². The quantitative estimate of drug-likeness (QED) is 0.634. The van der Waals surface area contributed by atoms with Crippen molar-refractivity contribution in [3.8, 4) is 11.1 Å². The summed E-state index contributed by atoms with van der Waals surface area (Å²) in [7, 11) is -3.41. The van der Waals surface area contributed by atoms with Gasteiger partial charge in [0, 0.05) is 25.2 Å². The van der Waals surface area contributed by atoms with E-state index in [0.29, 0.717) is 30.1 Å². The molecule has 0 saturated carbocycles. The van der Waals surface area contributed by atoms with Crippen LogP contribution in [0.15, 0.2) is 65.1 Å². The fourth-order valence-corrected chi connectivity index (χ4v) is 5.82. The maximum atomic E-state index is 12.7. The van der Waals surface area contributed by atoms with Gasteiger partial charge in [0.25, 0.3) is 5.91 Å². The number of nitrogens with zero attached hydrogens (tertiary/aromatic N) is 1. The average Bonchev–Trinajstić information content (AvgIpc) is 3.36. The minimum atomic E-state index is -3.41. The van der Waals surface area contributed by atoms with Gasteiger partial charge in [-0.2, -0.15) is 4.31 Å². The Hall–Kier alpha value is -2.44. The minimum absolute atomic E-state index is 0.0773. The van der Waals surface area contributed by atoms with E-state index in [1.54, 1.807) is 16.4 Å². The summed E-state index contributed by atoms with van der Waals surface area (Å²) >= 11 is 0. The SMILES string of the molecule is O=C(NCCC1=CCCCC1)c1cccc(-c2ccc(S(=O)(=O)N3CCCC3)cc2)c1. The summed E-state index contributed by atoms with van der Waals surface area (Å²) in [6, 6.07) is 14.4. The van der Waals surface area contributed by atoms with E-state index in [4.69, 9.17) is 0 Å². The van der Waals surface area contributed by atoms with E-state index in [1.807, 2.05) is 36.4 Å². The van der Waals surface area contributed by atoms with Gasteiger partial charge >= 0.3 is 0 Å². The molecule has 2 aromatic carbocycles. The molecule has 1 N–H and O–H groups in total. The Morgan fingerprint density at radius 3 is 2.42 bits per heavy atom. The van der Waals surface area contributed by atoms with Crippen LogP contribution >= 0.6 is 0 Å². The molecule has 1 aliphatic heterocycles. The standard InChI is InChI=1S/C25H30N2O3S/c28-25(26-16-15-20-7-2-1-3-8-20)23-10-6-9-22(19-23)21-11-13-24(14-12-21)31(29,30)27-17-4-5-18-27/h6-7,9-14,19H,1-5,8,15-18H2,(H,26,28). The number of amides is 1. The van der Waals surface area contributed by atoms with E-state index in [-0.39, 0.29) is 5.91 Å². The summed E-state index contributed by atoms with van der Waals surface area (Å²) in [6.45, 7) is 1.84. The molecule has 0 atom stereocenters. The molecule has 2 aromatic rings. The lowest BCUT2D eigenvalue weighted by Gasteiger charge is -2.15. The zero-order chi connectivity index (χ0) is 21.7. The number of carbonyl (C=O) groups is 1. The fraction of sp³-hybridized carbons (Fsp3) is 0.400. The second-order valence-electron chi connectivity index (χ2n) is 8.33. The van der Waals surface area contributed by atoms with E-state index in [1.165, 1.54) is 18.4 Å². The number of carbonyl (C=O) groups excluding carboxylic acids is 1. The third-order valence-electron chi connectivity index (χ3n) is 6.13. The summed E-state index contributed by atoms with van der Waals surface area (Å²) < 4.78 is 27.0. The molecule has 6 heteroatoms. The maximum absolute atomic E-state index is 12.7. The fourth-order valence-electron chi connectivity index (χ4n) is 4.31. The molecule has 0 aromatic heterocycles. The summed E-state index contributed by atoms with van der Waals surface area (Å²) in [5.41, 5.74) is 3.85. The van der Waals surface area contributed by atoms with Crippen LogP contribution in [0.5, 0.6) is 0 Å². The van der Waals surface area contributed by atoms with E-state index >= 15 is 0 Å². The largest absolute Gasteiger partial charge is 0.352 e. The van der Waals surface area contributed by atoms with Crippen molar-refractivity contribution >= 4 is 15.9 Å². The Morgan fingerprint density at radius 2 is 1.71 bits per heavy atom. The van der Waals surface area contributed by atoms with Crippen LogP contribution in [0.4, 0.5) is 0 Å². The maximum Gasteiger partial charge on any atom is 0.251 e. The van der Waals surface area contributed by atoms with E-state index in [0.717, 1.165) is 43.2 Å². The minimum Gasteiger partial charge on any atom is -0.352 e. The molecule has 0 spiro atoms. The molecule has 1 saturated heterocycles. The van der Waals surface area contributed by atoms with Gasteiger partial charge in [0.1, 0.15) is 0 Å². The molecule has 1 heterocycles. The zero-order valence-corrected chi connectivity index (χ0v) is 18.7. The topological polar surface area (TPSA) is 66.5 Å². The highest BCUT2D eigenvalue weighted by atomic mass is 32.2. The number of hydrogen-bond acceptors (Lipinski definition) is 3. The predicted molar refractivity (Wildman–Crippen MR) is 123 cm³/mol. The number of benzene rings is 2. The van der Waals surface area contributed by atoms with E-state index < -0.39 is 10.0 Å². The van der Waals surface area contributed by atoms with Crippen LogP contribution in [-0.4, -0.2) is 38.3 Å². The number of hydrogen-bond donors (Lipinski definition) is 1. The van der Waals surface area contributed by atoms with Crippen molar-refractivity contribution in [2.45, 2.75) is 49.8 Å². The van der Waals surface area contributed by atoms with Gasteiger partial charge in [0.15, 0.2) is 0 Å². The van der Waals surface area contributed by atoms with Gasteiger partial charge in [-0.25, -0.2) is 8.42 Å². The van der Waals surface area contributed by atoms with Gasteiger partial charge in [-0.1, -0.05) is 35.9 Å². The van der Waals surface area contributed by atoms with Gasteiger partial charge in [-0.15, -0.1) is 0 Å². The Morgan fingerprint density at radius 1 is 0.935 bits per heavy atom. The first-order valence-corrected chi connectivity index (χ1v) is 12.6. The van der Waals surface area contributed by atoms with Crippen LogP contribution in [-0.2, 0) is 10.0 Å². The van der Waals surface area contributed by atoms with E-state index in [2.05, 4.69) is 11.4 Å². The lowest BCUT2D eigenvalue weighted by atomic mass is 9.97. The molecule has 1 fully saturated rings. The first-order chi connectivity index (χ1) is 15.0. The third kappa shape index (κ3) is 5.25. The molecule has 1 amide bonds. The highest BCUT2D eigenvalue weighted by Gasteiger charge is 2.26. The normalized spacial score (nSPS) is 17.4. The molecule has 0 bridgehead atoms. The van der Waals surface area contributed by atoms with Crippen LogP contribution in [0.2, 0.25) is 0 Å². The molecule has 0 radical (unpaired) electrons. The second-order valence-corrected chi connectivity index (χ2v) is 10.3. The highest BCUT2D eigenvalue weighted by Crippen LogP contribution is 2.25. The van der Waals surface area contributed by atoms with Crippen molar-refractivity contribution in [1.29, 1.82) is 0 Å². The number of nitrogens with one attached hydrogen (secondary N) is 1. The third-order valence-corrected chi connectivity index (χ3v) is 8.04. The van der Waals surface area contributed by atoms with Crippen molar-refractivity contribution < 1.29 is 13.2 Å².